The molecular formula is C25H31N3O5. The topological polar surface area (TPSA) is 131 Å². The Morgan fingerprint density at radius 2 is 1.55 bits per heavy atom. The van der Waals surface area contributed by atoms with E-state index in [1.807, 2.05) is 62.4 Å². The second kappa shape index (κ2) is 11.0. The van der Waals surface area contributed by atoms with E-state index in [-0.39, 0.29) is 37.8 Å². The number of nitrogens with two attached hydrogens (primary N) is 1. The van der Waals surface area contributed by atoms with Crippen LogP contribution in [0, 0.1) is 5.92 Å². The summed E-state index contributed by atoms with van der Waals surface area (Å²) in [6.45, 7) is 3.99. The van der Waals surface area contributed by atoms with Crippen molar-refractivity contribution in [1.29, 1.82) is 0 Å². The first-order valence-corrected chi connectivity index (χ1v) is 11.2. The van der Waals surface area contributed by atoms with Crippen molar-refractivity contribution >= 4 is 18.0 Å². The van der Waals surface area contributed by atoms with Crippen molar-refractivity contribution in [1.82, 2.24) is 10.6 Å². The molecule has 176 valence electrons. The lowest BCUT2D eigenvalue weighted by molar-refractivity contribution is -0.142. The Morgan fingerprint density at radius 1 is 0.970 bits per heavy atom. The Hall–Kier alpha value is -3.39. The molecular weight excluding hydrogens is 422 g/mol. The number of carbonyl (C=O) groups is 3. The van der Waals surface area contributed by atoms with Gasteiger partial charge < -0.3 is 26.2 Å². The van der Waals surface area contributed by atoms with Crippen LogP contribution in [-0.2, 0) is 14.3 Å². The van der Waals surface area contributed by atoms with Crippen LogP contribution in [-0.4, -0.2) is 48.3 Å². The maximum atomic E-state index is 12.7. The van der Waals surface area contributed by atoms with Gasteiger partial charge in [-0.2, -0.15) is 0 Å². The molecule has 0 radical (unpaired) electrons. The lowest BCUT2D eigenvalue weighted by Gasteiger charge is -2.22. The van der Waals surface area contributed by atoms with E-state index < -0.39 is 30.1 Å². The first-order valence-electron chi connectivity index (χ1n) is 11.2. The molecule has 1 aliphatic rings. The van der Waals surface area contributed by atoms with E-state index in [4.69, 9.17) is 10.5 Å². The van der Waals surface area contributed by atoms with Crippen molar-refractivity contribution in [3.63, 3.8) is 0 Å². The molecule has 2 amide bonds. The molecule has 2 atom stereocenters. The number of hydrogen-bond acceptors (Lipinski definition) is 5. The predicted octanol–water partition coefficient (Wildman–Crippen LogP) is 2.86. The lowest BCUT2D eigenvalue weighted by Crippen LogP contribution is -2.52. The molecule has 8 nitrogen and oxygen atoms in total. The van der Waals surface area contributed by atoms with E-state index in [1.54, 1.807) is 0 Å². The zero-order valence-corrected chi connectivity index (χ0v) is 18.9. The van der Waals surface area contributed by atoms with E-state index in [9.17, 15) is 19.5 Å². The van der Waals surface area contributed by atoms with E-state index in [0.717, 1.165) is 22.3 Å². The van der Waals surface area contributed by atoms with Gasteiger partial charge in [0.15, 0.2) is 0 Å². The van der Waals surface area contributed by atoms with Crippen molar-refractivity contribution in [2.24, 2.45) is 11.7 Å². The third-order valence-corrected chi connectivity index (χ3v) is 5.73. The van der Waals surface area contributed by atoms with E-state index in [2.05, 4.69) is 10.6 Å². The first-order chi connectivity index (χ1) is 15.8. The largest absolute Gasteiger partial charge is 0.480 e. The monoisotopic (exact) mass is 453 g/mol. The molecule has 1 aliphatic carbocycles. The maximum absolute atomic E-state index is 12.7. The highest BCUT2D eigenvalue weighted by atomic mass is 16.5. The van der Waals surface area contributed by atoms with E-state index >= 15 is 0 Å². The van der Waals surface area contributed by atoms with Crippen LogP contribution in [0.2, 0.25) is 0 Å². The van der Waals surface area contributed by atoms with E-state index in [0.29, 0.717) is 0 Å². The quantitative estimate of drug-likeness (QED) is 0.438. The average molecular weight is 454 g/mol. The summed E-state index contributed by atoms with van der Waals surface area (Å²) in [7, 11) is 0. The molecule has 0 spiro atoms. The van der Waals surface area contributed by atoms with Gasteiger partial charge in [-0.3, -0.25) is 4.79 Å². The zero-order valence-electron chi connectivity index (χ0n) is 18.9. The number of carboxylic acid groups (broad SMARTS) is 1. The average Bonchev–Trinajstić information content (AvgIpc) is 3.10. The summed E-state index contributed by atoms with van der Waals surface area (Å²) >= 11 is 0. The minimum Gasteiger partial charge on any atom is -0.480 e. The molecule has 2 aromatic carbocycles. The van der Waals surface area contributed by atoms with Gasteiger partial charge in [-0.05, 0) is 47.6 Å². The van der Waals surface area contributed by atoms with Gasteiger partial charge in [0.25, 0.3) is 0 Å². The molecule has 0 bridgehead atoms. The lowest BCUT2D eigenvalue weighted by atomic mass is 9.98. The van der Waals surface area contributed by atoms with Crippen molar-refractivity contribution in [2.75, 3.05) is 13.2 Å². The molecule has 0 aromatic heterocycles. The summed E-state index contributed by atoms with van der Waals surface area (Å²) in [5, 5.41) is 14.4. The van der Waals surface area contributed by atoms with Gasteiger partial charge in [0.2, 0.25) is 5.91 Å². The molecule has 0 aliphatic heterocycles. The fourth-order valence-corrected chi connectivity index (χ4v) is 4.18. The second-order valence-electron chi connectivity index (χ2n) is 8.63. The molecule has 0 unspecified atom stereocenters. The molecule has 5 N–H and O–H groups in total. The molecule has 0 heterocycles. The van der Waals surface area contributed by atoms with Gasteiger partial charge in [0.05, 0.1) is 0 Å². The smallest absolute Gasteiger partial charge is 0.407 e. The molecule has 0 saturated carbocycles. The summed E-state index contributed by atoms with van der Waals surface area (Å²) in [5.74, 6) is -1.74. The number of aliphatic carboxylic acids is 1. The Balaban J connectivity index is 1.64. The summed E-state index contributed by atoms with van der Waals surface area (Å²) < 4.78 is 5.50. The normalized spacial score (nSPS) is 14.2. The fourth-order valence-electron chi connectivity index (χ4n) is 4.18. The maximum Gasteiger partial charge on any atom is 0.407 e. The number of nitrogens with one attached hydrogen (secondary N) is 2. The van der Waals surface area contributed by atoms with Crippen LogP contribution >= 0.6 is 0 Å². The van der Waals surface area contributed by atoms with Gasteiger partial charge in [-0.1, -0.05) is 62.4 Å². The van der Waals surface area contributed by atoms with Crippen molar-refractivity contribution in [3.05, 3.63) is 59.7 Å². The summed E-state index contributed by atoms with van der Waals surface area (Å²) in [6.07, 6.45) is -0.313. The van der Waals surface area contributed by atoms with Crippen LogP contribution < -0.4 is 16.4 Å². The minimum absolute atomic E-state index is 0.0782. The molecule has 0 fully saturated rings. The van der Waals surface area contributed by atoms with Gasteiger partial charge in [-0.15, -0.1) is 0 Å². The standard InChI is InChI=1S/C25H31N3O5/c1-15(2)13-22(24(30)31)27-23(29)21(11-12-26)28-25(32)33-14-20-18-9-5-3-7-16(18)17-8-4-6-10-19(17)20/h3-10,15,20-22H,11-14,26H2,1-2H3,(H,27,29)(H,28,32)(H,30,31)/t21-,22-/m0/s1. The number of hydrogen-bond donors (Lipinski definition) is 4. The number of fused-ring (bicyclic) bond motifs is 3. The first kappa shape index (κ1) is 24.3. The third kappa shape index (κ3) is 5.90. The second-order valence-corrected chi connectivity index (χ2v) is 8.63. The van der Waals surface area contributed by atoms with Crippen LogP contribution in [0.5, 0.6) is 0 Å². The Kier molecular flexibility index (Phi) is 8.06. The Morgan fingerprint density at radius 3 is 2.06 bits per heavy atom. The number of rotatable bonds is 10. The highest BCUT2D eigenvalue weighted by Crippen LogP contribution is 2.44. The number of amides is 2. The highest BCUT2D eigenvalue weighted by Gasteiger charge is 2.30. The number of carboxylic acids is 1. The number of benzene rings is 2. The van der Waals surface area contributed by atoms with Gasteiger partial charge in [0.1, 0.15) is 18.7 Å². The SMILES string of the molecule is CC(C)C[C@H](NC(=O)[C@H](CCN)NC(=O)OCC1c2ccccc2-c2ccccc21)C(=O)O. The van der Waals surface area contributed by atoms with Crippen LogP contribution in [0.3, 0.4) is 0 Å². The van der Waals surface area contributed by atoms with Crippen LogP contribution in [0.25, 0.3) is 11.1 Å². The summed E-state index contributed by atoms with van der Waals surface area (Å²) in [4.78, 5) is 36.7. The molecule has 33 heavy (non-hydrogen) atoms. The van der Waals surface area contributed by atoms with Crippen LogP contribution in [0.15, 0.2) is 48.5 Å². The highest BCUT2D eigenvalue weighted by molar-refractivity contribution is 5.89. The third-order valence-electron chi connectivity index (χ3n) is 5.73. The predicted molar refractivity (Wildman–Crippen MR) is 125 cm³/mol. The van der Waals surface area contributed by atoms with Crippen molar-refractivity contribution in [2.45, 2.75) is 44.7 Å². The number of alkyl carbamates (subject to hydrolysis) is 1. The number of ether oxygens (including phenoxy) is 1. The zero-order chi connectivity index (χ0) is 24.0. The Labute approximate surface area is 193 Å². The van der Waals surface area contributed by atoms with Crippen LogP contribution in [0.4, 0.5) is 4.79 Å². The molecule has 8 heteroatoms. The molecule has 0 saturated heterocycles. The van der Waals surface area contributed by atoms with Crippen molar-refractivity contribution in [3.8, 4) is 11.1 Å². The fraction of sp³-hybridized carbons (Fsp3) is 0.400. The van der Waals surface area contributed by atoms with E-state index in [1.165, 1.54) is 0 Å². The van der Waals surface area contributed by atoms with Gasteiger partial charge in [0, 0.05) is 5.92 Å². The van der Waals surface area contributed by atoms with Crippen molar-refractivity contribution < 1.29 is 24.2 Å². The summed E-state index contributed by atoms with van der Waals surface area (Å²) in [5.41, 5.74) is 10.0. The minimum atomic E-state index is -1.12. The molecule has 2 aromatic rings. The van der Waals surface area contributed by atoms with Crippen LogP contribution in [0.1, 0.15) is 43.7 Å². The number of carbonyl (C=O) groups excluding carboxylic acids is 2. The Bertz CT molecular complexity index is 962. The van der Waals surface area contributed by atoms with Gasteiger partial charge in [-0.25, -0.2) is 9.59 Å². The molecule has 3 rings (SSSR count). The van der Waals surface area contributed by atoms with Gasteiger partial charge >= 0.3 is 12.1 Å². The summed E-state index contributed by atoms with van der Waals surface area (Å²) in [6, 6.07) is 14.0.